The van der Waals surface area contributed by atoms with Crippen LogP contribution < -0.4 is 4.90 Å². The minimum atomic E-state index is -3.65. The molecule has 2 heterocycles. The van der Waals surface area contributed by atoms with Crippen molar-refractivity contribution in [3.05, 3.63) is 53.3 Å². The highest BCUT2D eigenvalue weighted by Gasteiger charge is 2.35. The van der Waals surface area contributed by atoms with Crippen LogP contribution in [0.3, 0.4) is 0 Å². The van der Waals surface area contributed by atoms with Crippen LogP contribution in [0, 0.1) is 11.7 Å². The average molecular weight is 539 g/mol. The summed E-state index contributed by atoms with van der Waals surface area (Å²) in [6.07, 6.45) is 1.61. The summed E-state index contributed by atoms with van der Waals surface area (Å²) in [4.78, 5) is 22.1. The van der Waals surface area contributed by atoms with Gasteiger partial charge in [0.25, 0.3) is 0 Å². The van der Waals surface area contributed by atoms with Gasteiger partial charge >= 0.3 is 0 Å². The minimum Gasteiger partial charge on any atom is -0.309 e. The van der Waals surface area contributed by atoms with Crippen LogP contribution >= 0.6 is 22.9 Å². The fourth-order valence-electron chi connectivity index (χ4n) is 4.17. The summed E-state index contributed by atoms with van der Waals surface area (Å²) in [7, 11) is 0.304. The number of piperidine rings is 1. The van der Waals surface area contributed by atoms with E-state index in [2.05, 4.69) is 9.88 Å². The molecule has 1 aliphatic rings. The lowest BCUT2D eigenvalue weighted by Crippen LogP contribution is -2.45. The average Bonchev–Trinajstić information content (AvgIpc) is 3.24. The van der Waals surface area contributed by atoms with Gasteiger partial charge in [-0.2, -0.15) is 4.31 Å². The van der Waals surface area contributed by atoms with Crippen molar-refractivity contribution in [3.8, 4) is 0 Å². The van der Waals surface area contributed by atoms with Crippen LogP contribution in [0.5, 0.6) is 0 Å². The quantitative estimate of drug-likeness (QED) is 0.423. The lowest BCUT2D eigenvalue weighted by Gasteiger charge is -2.33. The first kappa shape index (κ1) is 26.0. The van der Waals surface area contributed by atoms with Gasteiger partial charge in [-0.3, -0.25) is 9.69 Å². The Morgan fingerprint density at radius 1 is 1.14 bits per heavy atom. The maximum absolute atomic E-state index is 13.7. The van der Waals surface area contributed by atoms with E-state index in [1.807, 2.05) is 14.1 Å². The first-order valence-corrected chi connectivity index (χ1v) is 14.1. The van der Waals surface area contributed by atoms with E-state index in [4.69, 9.17) is 11.6 Å². The summed E-state index contributed by atoms with van der Waals surface area (Å²) in [6.45, 7) is 1.82. The maximum atomic E-state index is 13.7. The molecule has 0 saturated carbocycles. The van der Waals surface area contributed by atoms with Crippen molar-refractivity contribution >= 4 is 54.2 Å². The molecule has 0 atom stereocenters. The van der Waals surface area contributed by atoms with Crippen LogP contribution in [0.15, 0.2) is 47.4 Å². The van der Waals surface area contributed by atoms with Crippen molar-refractivity contribution in [2.45, 2.75) is 24.2 Å². The van der Waals surface area contributed by atoms with Crippen LogP contribution in [-0.4, -0.2) is 68.8 Å². The van der Waals surface area contributed by atoms with Gasteiger partial charge in [0.1, 0.15) is 5.82 Å². The van der Waals surface area contributed by atoms with Crippen molar-refractivity contribution in [2.24, 2.45) is 5.92 Å². The number of nitrogens with zero attached hydrogens (tertiary/aromatic N) is 4. The van der Waals surface area contributed by atoms with Crippen LogP contribution in [-0.2, 0) is 14.8 Å². The molecule has 2 aromatic carbocycles. The SMILES string of the molecule is CN(C)CCCN(C(=O)C1CCN(S(=O)(=O)c2ccc(Cl)cc2)CC1)c1nc2ccc(F)cc2s1. The molecule has 1 aromatic heterocycles. The molecule has 0 N–H and O–H groups in total. The zero-order valence-corrected chi connectivity index (χ0v) is 22.0. The number of hydrogen-bond donors (Lipinski definition) is 0. The number of halogens is 2. The molecule has 11 heteroatoms. The standard InChI is InChI=1S/C24H28ClFN4O3S2/c1-28(2)12-3-13-30(24-27-21-9-6-19(26)16-22(21)34-24)23(31)17-10-14-29(15-11-17)35(32,33)20-7-4-18(25)5-8-20/h4-9,16-17H,3,10-15H2,1-2H3. The number of sulfonamides is 1. The van der Waals surface area contributed by atoms with Crippen LogP contribution in [0.1, 0.15) is 19.3 Å². The number of carbonyl (C=O) groups is 1. The normalized spacial score (nSPS) is 15.7. The van der Waals surface area contributed by atoms with Gasteiger partial charge in [0.15, 0.2) is 5.13 Å². The largest absolute Gasteiger partial charge is 0.309 e. The van der Waals surface area contributed by atoms with Crippen LogP contribution in [0.4, 0.5) is 9.52 Å². The second-order valence-electron chi connectivity index (χ2n) is 8.89. The topological polar surface area (TPSA) is 73.8 Å². The highest BCUT2D eigenvalue weighted by Crippen LogP contribution is 2.32. The summed E-state index contributed by atoms with van der Waals surface area (Å²) in [5, 5.41) is 1.02. The number of thiazole rings is 1. The molecule has 0 bridgehead atoms. The Kier molecular flexibility index (Phi) is 8.07. The molecule has 0 spiro atoms. The first-order valence-electron chi connectivity index (χ1n) is 11.4. The summed E-state index contributed by atoms with van der Waals surface area (Å²) in [5.74, 6) is -0.714. The second kappa shape index (κ2) is 10.9. The van der Waals surface area contributed by atoms with Crippen molar-refractivity contribution in [2.75, 3.05) is 45.2 Å². The zero-order chi connectivity index (χ0) is 25.2. The zero-order valence-electron chi connectivity index (χ0n) is 19.7. The third-order valence-corrected chi connectivity index (χ3v) is 9.28. The fraction of sp³-hybridized carbons (Fsp3) is 0.417. The number of anilines is 1. The highest BCUT2D eigenvalue weighted by molar-refractivity contribution is 7.89. The molecule has 1 amide bonds. The third kappa shape index (κ3) is 6.00. The van der Waals surface area contributed by atoms with Crippen molar-refractivity contribution in [1.82, 2.24) is 14.2 Å². The molecule has 1 fully saturated rings. The Hall–Kier alpha value is -2.11. The number of fused-ring (bicyclic) bond motifs is 1. The lowest BCUT2D eigenvalue weighted by molar-refractivity contribution is -0.123. The predicted octanol–water partition coefficient (Wildman–Crippen LogP) is 4.47. The van der Waals surface area contributed by atoms with E-state index in [0.717, 1.165) is 13.0 Å². The maximum Gasteiger partial charge on any atom is 0.243 e. The van der Waals surface area contributed by atoms with Gasteiger partial charge in [0.05, 0.1) is 15.1 Å². The molecule has 3 aromatic rings. The monoisotopic (exact) mass is 538 g/mol. The summed E-state index contributed by atoms with van der Waals surface area (Å²) >= 11 is 7.19. The Morgan fingerprint density at radius 2 is 1.83 bits per heavy atom. The van der Waals surface area contributed by atoms with Gasteiger partial charge in [-0.25, -0.2) is 17.8 Å². The predicted molar refractivity (Wildman–Crippen MR) is 138 cm³/mol. The van der Waals surface area contributed by atoms with Gasteiger partial charge in [0, 0.05) is 30.6 Å². The van der Waals surface area contributed by atoms with Gasteiger partial charge in [-0.05, 0) is 82.4 Å². The number of amides is 1. The number of aromatic nitrogens is 1. The summed E-state index contributed by atoms with van der Waals surface area (Å²) in [5.41, 5.74) is 0.653. The Bertz CT molecular complexity index is 1290. The van der Waals surface area contributed by atoms with E-state index >= 15 is 0 Å². The minimum absolute atomic E-state index is 0.0631. The van der Waals surface area contributed by atoms with E-state index in [9.17, 15) is 17.6 Å². The van der Waals surface area contributed by atoms with Crippen molar-refractivity contribution < 1.29 is 17.6 Å². The van der Waals surface area contributed by atoms with Gasteiger partial charge in [-0.15, -0.1) is 0 Å². The highest BCUT2D eigenvalue weighted by atomic mass is 35.5. The van der Waals surface area contributed by atoms with E-state index in [-0.39, 0.29) is 35.6 Å². The van der Waals surface area contributed by atoms with Crippen LogP contribution in [0.2, 0.25) is 5.02 Å². The molecule has 0 aliphatic carbocycles. The Morgan fingerprint density at radius 3 is 2.49 bits per heavy atom. The van der Waals surface area contributed by atoms with E-state index < -0.39 is 10.0 Å². The van der Waals surface area contributed by atoms with E-state index in [1.54, 1.807) is 23.1 Å². The van der Waals surface area contributed by atoms with Crippen molar-refractivity contribution in [1.29, 1.82) is 0 Å². The fourth-order valence-corrected chi connectivity index (χ4v) is 6.78. The Labute approximate surface area is 214 Å². The summed E-state index contributed by atoms with van der Waals surface area (Å²) in [6, 6.07) is 10.5. The molecule has 7 nitrogen and oxygen atoms in total. The lowest BCUT2D eigenvalue weighted by atomic mass is 9.96. The van der Waals surface area contributed by atoms with Gasteiger partial charge in [-0.1, -0.05) is 22.9 Å². The third-order valence-electron chi connectivity index (χ3n) is 6.08. The van der Waals surface area contributed by atoms with Gasteiger partial charge in [0.2, 0.25) is 15.9 Å². The molecule has 188 valence electrons. The molecular formula is C24H28ClFN4O3S2. The van der Waals surface area contributed by atoms with Crippen LogP contribution in [0.25, 0.3) is 10.2 Å². The second-order valence-corrected chi connectivity index (χ2v) is 12.3. The Balaban J connectivity index is 1.49. The smallest absolute Gasteiger partial charge is 0.243 e. The molecule has 1 aliphatic heterocycles. The van der Waals surface area contributed by atoms with E-state index in [1.165, 1.54) is 39.9 Å². The molecule has 0 unspecified atom stereocenters. The molecule has 1 saturated heterocycles. The molecular weight excluding hydrogens is 511 g/mol. The molecule has 0 radical (unpaired) electrons. The first-order chi connectivity index (χ1) is 16.6. The number of hydrogen-bond acceptors (Lipinski definition) is 6. The molecule has 35 heavy (non-hydrogen) atoms. The van der Waals surface area contributed by atoms with Gasteiger partial charge < -0.3 is 4.90 Å². The van der Waals surface area contributed by atoms with E-state index in [0.29, 0.717) is 39.8 Å². The number of benzene rings is 2. The van der Waals surface area contributed by atoms with Crippen molar-refractivity contribution in [3.63, 3.8) is 0 Å². The summed E-state index contributed by atoms with van der Waals surface area (Å²) < 4.78 is 41.8. The number of carbonyl (C=O) groups excluding carboxylic acids is 1. The molecule has 4 rings (SSSR count). The number of rotatable bonds is 8.